The number of rotatable bonds is 8. The molecule has 4 N–H and O–H groups in total. The van der Waals surface area contributed by atoms with Crippen molar-refractivity contribution >= 4 is 28.8 Å². The Morgan fingerprint density at radius 3 is 2.75 bits per heavy atom. The third kappa shape index (κ3) is 5.02. The summed E-state index contributed by atoms with van der Waals surface area (Å²) in [4.78, 5) is 11.9. The van der Waals surface area contributed by atoms with Crippen LogP contribution < -0.4 is 21.1 Å². The van der Waals surface area contributed by atoms with E-state index in [1.807, 2.05) is 0 Å². The first-order valence-corrected chi connectivity index (χ1v) is 6.46. The number of benzene rings is 1. The highest BCUT2D eigenvalue weighted by molar-refractivity contribution is 7.80. The van der Waals surface area contributed by atoms with E-state index in [-0.39, 0.29) is 17.4 Å². The fourth-order valence-electron chi connectivity index (χ4n) is 1.54. The van der Waals surface area contributed by atoms with Gasteiger partial charge in [-0.05, 0) is 12.1 Å². The van der Waals surface area contributed by atoms with E-state index in [2.05, 4.69) is 10.6 Å². The van der Waals surface area contributed by atoms with Gasteiger partial charge in [0, 0.05) is 31.0 Å². The summed E-state index contributed by atoms with van der Waals surface area (Å²) in [5, 5.41) is 5.70. The quantitative estimate of drug-likeness (QED) is 0.479. The van der Waals surface area contributed by atoms with Gasteiger partial charge in [-0.25, -0.2) is 0 Å². The van der Waals surface area contributed by atoms with Gasteiger partial charge in [0.05, 0.1) is 20.3 Å². The number of carbonyl (C=O) groups is 1. The van der Waals surface area contributed by atoms with Gasteiger partial charge in [-0.1, -0.05) is 12.2 Å². The van der Waals surface area contributed by atoms with E-state index >= 15 is 0 Å². The van der Waals surface area contributed by atoms with Crippen molar-refractivity contribution in [2.24, 2.45) is 5.73 Å². The number of hydrogen-bond donors (Lipinski definition) is 3. The first-order chi connectivity index (χ1) is 9.58. The number of anilines is 1. The van der Waals surface area contributed by atoms with Crippen molar-refractivity contribution in [3.05, 3.63) is 23.8 Å². The minimum Gasteiger partial charge on any atom is -0.497 e. The lowest BCUT2D eigenvalue weighted by Crippen LogP contribution is -2.32. The zero-order valence-corrected chi connectivity index (χ0v) is 12.4. The number of hydrogen-bond acceptors (Lipinski definition) is 5. The summed E-state index contributed by atoms with van der Waals surface area (Å²) in [5.74, 6) is 0.519. The fourth-order valence-corrected chi connectivity index (χ4v) is 1.72. The molecule has 1 aromatic rings. The van der Waals surface area contributed by atoms with Crippen LogP contribution in [0.1, 0.15) is 5.56 Å². The molecule has 0 bridgehead atoms. The molecule has 0 fully saturated rings. The van der Waals surface area contributed by atoms with Crippen molar-refractivity contribution in [1.82, 2.24) is 5.32 Å². The Labute approximate surface area is 123 Å². The van der Waals surface area contributed by atoms with Gasteiger partial charge in [0.1, 0.15) is 10.7 Å². The predicted octanol–water partition coefficient (Wildman–Crippen LogP) is 0.504. The highest BCUT2D eigenvalue weighted by atomic mass is 32.1. The van der Waals surface area contributed by atoms with Crippen LogP contribution in [0.5, 0.6) is 5.75 Å². The lowest BCUT2D eigenvalue weighted by atomic mass is 10.1. The molecule has 0 saturated heterocycles. The number of ether oxygens (including phenoxy) is 2. The molecule has 0 saturated carbocycles. The molecule has 0 aliphatic heterocycles. The van der Waals surface area contributed by atoms with Crippen LogP contribution >= 0.6 is 12.2 Å². The van der Waals surface area contributed by atoms with Crippen LogP contribution in [0.25, 0.3) is 0 Å². The molecule has 0 radical (unpaired) electrons. The first-order valence-electron chi connectivity index (χ1n) is 6.05. The predicted molar refractivity (Wildman–Crippen MR) is 82.3 cm³/mol. The molecule has 6 nitrogen and oxygen atoms in total. The highest BCUT2D eigenvalue weighted by Crippen LogP contribution is 2.22. The van der Waals surface area contributed by atoms with Crippen LogP contribution in [0.15, 0.2) is 18.2 Å². The monoisotopic (exact) mass is 297 g/mol. The van der Waals surface area contributed by atoms with Gasteiger partial charge in [-0.3, -0.25) is 4.79 Å². The van der Waals surface area contributed by atoms with Crippen LogP contribution in [0.4, 0.5) is 5.69 Å². The molecule has 1 rings (SSSR count). The minimum atomic E-state index is -0.140. The maximum atomic E-state index is 11.6. The smallest absolute Gasteiger partial charge is 0.239 e. The van der Waals surface area contributed by atoms with E-state index in [1.165, 1.54) is 0 Å². The Bertz CT molecular complexity index is 480. The lowest BCUT2D eigenvalue weighted by Gasteiger charge is -2.12. The molecule has 0 spiro atoms. The van der Waals surface area contributed by atoms with Crippen molar-refractivity contribution in [2.45, 2.75) is 0 Å². The van der Waals surface area contributed by atoms with E-state index in [4.69, 9.17) is 27.4 Å². The third-order valence-corrected chi connectivity index (χ3v) is 2.78. The topological polar surface area (TPSA) is 85.6 Å². The van der Waals surface area contributed by atoms with E-state index in [9.17, 15) is 4.79 Å². The summed E-state index contributed by atoms with van der Waals surface area (Å²) in [5.41, 5.74) is 6.98. The molecule has 1 amide bonds. The molecule has 0 unspecified atom stereocenters. The van der Waals surface area contributed by atoms with Crippen LogP contribution in [0.2, 0.25) is 0 Å². The average molecular weight is 297 g/mol. The normalized spacial score (nSPS) is 9.90. The van der Waals surface area contributed by atoms with Gasteiger partial charge in [0.25, 0.3) is 0 Å². The van der Waals surface area contributed by atoms with Crippen molar-refractivity contribution in [3.8, 4) is 5.75 Å². The molecule has 0 aliphatic carbocycles. The molecular weight excluding hydrogens is 278 g/mol. The maximum Gasteiger partial charge on any atom is 0.239 e. The Balaban J connectivity index is 2.65. The zero-order chi connectivity index (χ0) is 15.0. The first kappa shape index (κ1) is 16.2. The number of nitrogens with one attached hydrogen (secondary N) is 2. The molecule has 1 aromatic carbocycles. The maximum absolute atomic E-state index is 11.6. The van der Waals surface area contributed by atoms with E-state index in [0.29, 0.717) is 30.2 Å². The molecule has 20 heavy (non-hydrogen) atoms. The largest absolute Gasteiger partial charge is 0.497 e. The average Bonchev–Trinajstić information content (AvgIpc) is 2.44. The Hall–Kier alpha value is -1.86. The van der Waals surface area contributed by atoms with Crippen molar-refractivity contribution in [2.75, 3.05) is 39.2 Å². The summed E-state index contributed by atoms with van der Waals surface area (Å²) < 4.78 is 9.99. The van der Waals surface area contributed by atoms with E-state index < -0.39 is 0 Å². The van der Waals surface area contributed by atoms with Crippen molar-refractivity contribution in [1.29, 1.82) is 0 Å². The van der Waals surface area contributed by atoms with Crippen LogP contribution in [0, 0.1) is 0 Å². The number of methoxy groups -OCH3 is 2. The van der Waals surface area contributed by atoms with Crippen LogP contribution in [0.3, 0.4) is 0 Å². The summed E-state index contributed by atoms with van der Waals surface area (Å²) >= 11 is 4.97. The second kappa shape index (κ2) is 8.34. The van der Waals surface area contributed by atoms with Crippen LogP contribution in [-0.2, 0) is 9.53 Å². The number of amides is 1. The third-order valence-electron chi connectivity index (χ3n) is 2.56. The Kier molecular flexibility index (Phi) is 6.75. The SMILES string of the molecule is COCCNC(=O)CNc1cc(OC)ccc1C(N)=S. The second-order valence-corrected chi connectivity index (χ2v) is 4.41. The van der Waals surface area contributed by atoms with Gasteiger partial charge in [0.15, 0.2) is 0 Å². The van der Waals surface area contributed by atoms with Gasteiger partial charge in [0.2, 0.25) is 5.91 Å². The number of carbonyl (C=O) groups excluding carboxylic acids is 1. The molecule has 0 aliphatic rings. The minimum absolute atomic E-state index is 0.118. The number of thiocarbonyl (C=S) groups is 1. The van der Waals surface area contributed by atoms with E-state index in [1.54, 1.807) is 32.4 Å². The highest BCUT2D eigenvalue weighted by Gasteiger charge is 2.08. The Morgan fingerprint density at radius 1 is 1.40 bits per heavy atom. The van der Waals surface area contributed by atoms with Crippen molar-refractivity contribution < 1.29 is 14.3 Å². The van der Waals surface area contributed by atoms with Gasteiger partial charge in [-0.15, -0.1) is 0 Å². The number of nitrogens with two attached hydrogens (primary N) is 1. The summed E-state index contributed by atoms with van der Waals surface area (Å²) in [7, 11) is 3.14. The zero-order valence-electron chi connectivity index (χ0n) is 11.6. The molecule has 0 heterocycles. The summed E-state index contributed by atoms with van der Waals surface area (Å²) in [6, 6.07) is 5.27. The summed E-state index contributed by atoms with van der Waals surface area (Å²) in [6.07, 6.45) is 0. The lowest BCUT2D eigenvalue weighted by molar-refractivity contribution is -0.119. The molecular formula is C13H19N3O3S. The van der Waals surface area contributed by atoms with E-state index in [0.717, 1.165) is 0 Å². The summed E-state index contributed by atoms with van der Waals surface area (Å²) in [6.45, 7) is 1.06. The Morgan fingerprint density at radius 2 is 2.15 bits per heavy atom. The van der Waals surface area contributed by atoms with Crippen molar-refractivity contribution in [3.63, 3.8) is 0 Å². The molecule has 0 atom stereocenters. The molecule has 0 aromatic heterocycles. The van der Waals surface area contributed by atoms with Gasteiger partial charge >= 0.3 is 0 Å². The second-order valence-electron chi connectivity index (χ2n) is 3.97. The van der Waals surface area contributed by atoms with Crippen LogP contribution in [-0.4, -0.2) is 44.8 Å². The van der Waals surface area contributed by atoms with Gasteiger partial charge < -0.3 is 25.8 Å². The van der Waals surface area contributed by atoms with Gasteiger partial charge in [-0.2, -0.15) is 0 Å². The molecule has 7 heteroatoms. The fraction of sp³-hybridized carbons (Fsp3) is 0.385. The standard InChI is InChI=1S/C13H19N3O3S/c1-18-6-5-15-12(17)8-16-11-7-9(19-2)3-4-10(11)13(14)20/h3-4,7,16H,5-6,8H2,1-2H3,(H2,14,20)(H,15,17). The molecule has 110 valence electrons.